The lowest BCUT2D eigenvalue weighted by molar-refractivity contribution is 0.0468. The minimum absolute atomic E-state index is 0.131. The molecule has 0 fully saturated rings. The van der Waals surface area contributed by atoms with Crippen molar-refractivity contribution in [3.63, 3.8) is 0 Å². The van der Waals surface area contributed by atoms with Crippen molar-refractivity contribution in [1.82, 2.24) is 9.38 Å². The molecule has 2 heterocycles. The van der Waals surface area contributed by atoms with Crippen LogP contribution in [0.1, 0.15) is 21.7 Å². The lowest BCUT2D eigenvalue weighted by Crippen LogP contribution is -2.18. The monoisotopic (exact) mass is 362 g/mol. The first kappa shape index (κ1) is 16.5. The molecule has 122 valence electrons. The molecule has 0 aliphatic rings. The largest absolute Gasteiger partial charge is 0.456 e. The molecular weight excluding hydrogens is 351 g/mol. The van der Waals surface area contributed by atoms with Crippen LogP contribution in [0.4, 0.5) is 0 Å². The van der Waals surface area contributed by atoms with Crippen LogP contribution in [0.25, 0.3) is 5.65 Å². The molecule has 1 aromatic carbocycles. The van der Waals surface area contributed by atoms with E-state index in [1.54, 1.807) is 24.3 Å². The minimum atomic E-state index is -0.631. The molecule has 0 aliphatic carbocycles. The molecule has 0 aliphatic heterocycles. The van der Waals surface area contributed by atoms with Gasteiger partial charge in [0.25, 0.3) is 5.56 Å². The second-order valence-electron chi connectivity index (χ2n) is 5.12. The number of rotatable bonds is 3. The van der Waals surface area contributed by atoms with Crippen molar-refractivity contribution in [2.45, 2.75) is 13.5 Å². The molecule has 0 bridgehead atoms. The van der Waals surface area contributed by atoms with Gasteiger partial charge in [-0.2, -0.15) is 0 Å². The van der Waals surface area contributed by atoms with E-state index in [0.29, 0.717) is 11.3 Å². The zero-order chi connectivity index (χ0) is 17.3. The Morgan fingerprint density at radius 2 is 1.96 bits per heavy atom. The summed E-state index contributed by atoms with van der Waals surface area (Å²) in [5, 5.41) is 0.398. The van der Waals surface area contributed by atoms with Crippen LogP contribution in [0.3, 0.4) is 0 Å². The first-order valence-electron chi connectivity index (χ1n) is 7.07. The van der Waals surface area contributed by atoms with Gasteiger partial charge >= 0.3 is 5.97 Å². The quantitative estimate of drug-likeness (QED) is 0.667. The summed E-state index contributed by atoms with van der Waals surface area (Å²) in [6.07, 6.45) is 0. The number of carbonyl (C=O) groups excluding carboxylic acids is 1. The number of benzene rings is 1. The van der Waals surface area contributed by atoms with E-state index in [0.717, 1.165) is 5.69 Å². The summed E-state index contributed by atoms with van der Waals surface area (Å²) in [6.45, 7) is 1.68. The fraction of sp³-hybridized carbons (Fsp3) is 0.118. The lowest BCUT2D eigenvalue weighted by atomic mass is 10.2. The van der Waals surface area contributed by atoms with Crippen molar-refractivity contribution in [1.29, 1.82) is 0 Å². The highest BCUT2D eigenvalue weighted by Gasteiger charge is 2.15. The van der Waals surface area contributed by atoms with Crippen molar-refractivity contribution in [2.75, 3.05) is 0 Å². The zero-order valence-corrected chi connectivity index (χ0v) is 14.1. The summed E-state index contributed by atoms with van der Waals surface area (Å²) < 4.78 is 6.68. The molecule has 0 saturated heterocycles. The summed E-state index contributed by atoms with van der Waals surface area (Å²) >= 11 is 11.9. The van der Waals surface area contributed by atoms with E-state index in [4.69, 9.17) is 27.9 Å². The molecule has 3 aromatic rings. The molecule has 5 nitrogen and oxygen atoms in total. The van der Waals surface area contributed by atoms with E-state index in [1.807, 2.05) is 13.0 Å². The van der Waals surface area contributed by atoms with Gasteiger partial charge in [-0.3, -0.25) is 9.20 Å². The van der Waals surface area contributed by atoms with E-state index < -0.39 is 5.97 Å². The van der Waals surface area contributed by atoms with Gasteiger partial charge in [0.2, 0.25) is 0 Å². The van der Waals surface area contributed by atoms with Crippen LogP contribution in [0.15, 0.2) is 47.3 Å². The SMILES string of the molecule is Cc1cccc2nc(COC(=O)c3cccc(Cl)c3Cl)cc(=O)n12. The summed E-state index contributed by atoms with van der Waals surface area (Å²) in [5.74, 6) is -0.631. The predicted octanol–water partition coefficient (Wildman–Crippen LogP) is 3.67. The number of halogens is 2. The van der Waals surface area contributed by atoms with E-state index >= 15 is 0 Å². The molecule has 0 amide bonds. The second kappa shape index (κ2) is 6.63. The number of aryl methyl sites for hydroxylation is 1. The maximum Gasteiger partial charge on any atom is 0.340 e. The fourth-order valence-electron chi connectivity index (χ4n) is 2.32. The van der Waals surface area contributed by atoms with Crippen LogP contribution >= 0.6 is 23.2 Å². The van der Waals surface area contributed by atoms with E-state index in [-0.39, 0.29) is 27.8 Å². The molecule has 7 heteroatoms. The Labute approximate surface area is 147 Å². The Hall–Kier alpha value is -2.37. The molecule has 24 heavy (non-hydrogen) atoms. The summed E-state index contributed by atoms with van der Waals surface area (Å²) in [5.41, 5.74) is 1.56. The van der Waals surface area contributed by atoms with Gasteiger partial charge in [0, 0.05) is 11.8 Å². The van der Waals surface area contributed by atoms with Crippen LogP contribution in [0.5, 0.6) is 0 Å². The first-order chi connectivity index (χ1) is 11.5. The van der Waals surface area contributed by atoms with Crippen LogP contribution in [0, 0.1) is 6.92 Å². The molecule has 0 spiro atoms. The number of ether oxygens (including phenoxy) is 1. The number of carbonyl (C=O) groups is 1. The van der Waals surface area contributed by atoms with Gasteiger partial charge in [-0.05, 0) is 31.2 Å². The van der Waals surface area contributed by atoms with Gasteiger partial charge < -0.3 is 4.74 Å². The average molecular weight is 363 g/mol. The molecule has 0 unspecified atom stereocenters. The summed E-state index contributed by atoms with van der Waals surface area (Å²) in [7, 11) is 0. The van der Waals surface area contributed by atoms with Crippen molar-refractivity contribution < 1.29 is 9.53 Å². The smallest absolute Gasteiger partial charge is 0.340 e. The van der Waals surface area contributed by atoms with Crippen LogP contribution in [-0.4, -0.2) is 15.4 Å². The molecule has 0 saturated carbocycles. The summed E-state index contributed by atoms with van der Waals surface area (Å²) in [6, 6.07) is 11.4. The number of hydrogen-bond acceptors (Lipinski definition) is 4. The third kappa shape index (κ3) is 3.13. The Balaban J connectivity index is 1.85. The maximum absolute atomic E-state index is 12.2. The number of pyridine rings is 1. The topological polar surface area (TPSA) is 60.7 Å². The van der Waals surface area contributed by atoms with Gasteiger partial charge in [0.1, 0.15) is 12.3 Å². The number of nitrogens with zero attached hydrogens (tertiary/aromatic N) is 2. The highest BCUT2D eigenvalue weighted by molar-refractivity contribution is 6.43. The molecule has 3 rings (SSSR count). The van der Waals surface area contributed by atoms with Crippen molar-refractivity contribution in [3.8, 4) is 0 Å². The average Bonchev–Trinajstić information content (AvgIpc) is 2.55. The number of aromatic nitrogens is 2. The van der Waals surface area contributed by atoms with Gasteiger partial charge in [0.05, 0.1) is 21.3 Å². The second-order valence-corrected chi connectivity index (χ2v) is 5.91. The molecule has 0 radical (unpaired) electrons. The Morgan fingerprint density at radius 1 is 1.21 bits per heavy atom. The van der Waals surface area contributed by atoms with E-state index in [2.05, 4.69) is 4.98 Å². The third-order valence-corrected chi connectivity index (χ3v) is 4.27. The molecule has 0 N–H and O–H groups in total. The van der Waals surface area contributed by atoms with Gasteiger partial charge in [0.15, 0.2) is 0 Å². The van der Waals surface area contributed by atoms with E-state index in [9.17, 15) is 9.59 Å². The maximum atomic E-state index is 12.2. The molecule has 2 aromatic heterocycles. The van der Waals surface area contributed by atoms with E-state index in [1.165, 1.54) is 16.5 Å². The highest BCUT2D eigenvalue weighted by atomic mass is 35.5. The zero-order valence-electron chi connectivity index (χ0n) is 12.6. The first-order valence-corrected chi connectivity index (χ1v) is 7.82. The number of esters is 1. The molecular formula is C17H12Cl2N2O3. The van der Waals surface area contributed by atoms with Crippen molar-refractivity contribution >= 4 is 34.8 Å². The van der Waals surface area contributed by atoms with Gasteiger partial charge in [-0.1, -0.05) is 35.3 Å². The van der Waals surface area contributed by atoms with Crippen LogP contribution in [0.2, 0.25) is 10.0 Å². The van der Waals surface area contributed by atoms with Crippen LogP contribution in [-0.2, 0) is 11.3 Å². The Bertz CT molecular complexity index is 999. The van der Waals surface area contributed by atoms with Crippen molar-refractivity contribution in [2.24, 2.45) is 0 Å². The fourth-order valence-corrected chi connectivity index (χ4v) is 2.69. The summed E-state index contributed by atoms with van der Waals surface area (Å²) in [4.78, 5) is 28.6. The van der Waals surface area contributed by atoms with Crippen molar-refractivity contribution in [3.05, 3.63) is 79.8 Å². The standard InChI is InChI=1S/C17H12Cl2N2O3/c1-10-4-2-7-14-20-11(8-15(22)21(10)14)9-24-17(23)12-5-3-6-13(18)16(12)19/h2-8H,9H2,1H3. The normalized spacial score (nSPS) is 10.8. The lowest BCUT2D eigenvalue weighted by Gasteiger charge is -2.08. The van der Waals surface area contributed by atoms with Gasteiger partial charge in [-0.15, -0.1) is 0 Å². The Kier molecular flexibility index (Phi) is 4.55. The predicted molar refractivity (Wildman–Crippen MR) is 91.8 cm³/mol. The minimum Gasteiger partial charge on any atom is -0.456 e. The number of fused-ring (bicyclic) bond motifs is 1. The van der Waals surface area contributed by atoms with Gasteiger partial charge in [-0.25, -0.2) is 9.78 Å². The molecule has 0 atom stereocenters. The van der Waals surface area contributed by atoms with Crippen LogP contribution < -0.4 is 5.56 Å². The number of hydrogen-bond donors (Lipinski definition) is 0. The Morgan fingerprint density at radius 3 is 2.75 bits per heavy atom. The highest BCUT2D eigenvalue weighted by Crippen LogP contribution is 2.26. The third-order valence-electron chi connectivity index (χ3n) is 3.46.